The summed E-state index contributed by atoms with van der Waals surface area (Å²) in [5.74, 6) is 0.982. The van der Waals surface area contributed by atoms with Crippen molar-refractivity contribution in [1.82, 2.24) is 15.0 Å². The van der Waals surface area contributed by atoms with Crippen molar-refractivity contribution >= 4 is 12.4 Å². The first-order chi connectivity index (χ1) is 11.5. The quantitative estimate of drug-likeness (QED) is 0.755. The number of hydrogen-bond acceptors (Lipinski definition) is 5. The van der Waals surface area contributed by atoms with Gasteiger partial charge in [-0.15, -0.1) is 12.4 Å². The van der Waals surface area contributed by atoms with Gasteiger partial charge in [0, 0.05) is 12.1 Å². The number of aryl methyl sites for hydroxylation is 1. The summed E-state index contributed by atoms with van der Waals surface area (Å²) in [5, 5.41) is 4.06. The van der Waals surface area contributed by atoms with E-state index in [1.165, 1.54) is 11.1 Å². The Morgan fingerprint density at radius 2 is 1.68 bits per heavy atom. The highest BCUT2D eigenvalue weighted by Crippen LogP contribution is 2.22. The Labute approximate surface area is 154 Å². The highest BCUT2D eigenvalue weighted by molar-refractivity contribution is 5.85. The molecule has 0 aliphatic rings. The topological polar surface area (TPSA) is 68.2 Å². The van der Waals surface area contributed by atoms with Crippen LogP contribution in [0.3, 0.4) is 0 Å². The zero-order valence-electron chi connectivity index (χ0n) is 14.6. The fourth-order valence-corrected chi connectivity index (χ4v) is 2.52. The molecule has 1 atom stereocenters. The van der Waals surface area contributed by atoms with Crippen LogP contribution in [0.5, 0.6) is 0 Å². The van der Waals surface area contributed by atoms with Crippen LogP contribution in [0.1, 0.15) is 28.6 Å². The van der Waals surface area contributed by atoms with Gasteiger partial charge in [0.05, 0.1) is 0 Å². The van der Waals surface area contributed by atoms with Crippen LogP contribution in [0.4, 0.5) is 0 Å². The van der Waals surface area contributed by atoms with E-state index >= 15 is 0 Å². The van der Waals surface area contributed by atoms with Crippen LogP contribution in [0.2, 0.25) is 0 Å². The molecule has 132 valence electrons. The van der Waals surface area contributed by atoms with E-state index in [1.54, 1.807) is 0 Å². The number of benzene rings is 2. The summed E-state index contributed by atoms with van der Waals surface area (Å²) >= 11 is 0. The molecule has 1 aromatic heterocycles. The molecule has 3 aromatic rings. The van der Waals surface area contributed by atoms with Crippen LogP contribution in [-0.2, 0) is 6.54 Å². The summed E-state index contributed by atoms with van der Waals surface area (Å²) in [5.41, 5.74) is 10.5. The van der Waals surface area contributed by atoms with E-state index in [4.69, 9.17) is 10.3 Å². The summed E-state index contributed by atoms with van der Waals surface area (Å²) < 4.78 is 5.37. The molecule has 1 unspecified atom stereocenters. The van der Waals surface area contributed by atoms with Gasteiger partial charge in [-0.1, -0.05) is 59.3 Å². The standard InChI is InChI=1S/C19H22N4O.ClH/c1-13-4-8-15(9-5-13)17(20)19-21-18(22-24-19)16-10-6-14(7-11-16)12-23(2)3;/h4-11,17H,12,20H2,1-3H3;1H. The van der Waals surface area contributed by atoms with Gasteiger partial charge in [-0.25, -0.2) is 0 Å². The van der Waals surface area contributed by atoms with Gasteiger partial charge in [0.2, 0.25) is 11.7 Å². The van der Waals surface area contributed by atoms with Crippen molar-refractivity contribution in [1.29, 1.82) is 0 Å². The van der Waals surface area contributed by atoms with E-state index in [2.05, 4.69) is 27.2 Å². The predicted octanol–water partition coefficient (Wildman–Crippen LogP) is 3.58. The molecular formula is C19H23ClN4O. The van der Waals surface area contributed by atoms with E-state index in [0.717, 1.165) is 17.7 Å². The largest absolute Gasteiger partial charge is 0.337 e. The fraction of sp³-hybridized carbons (Fsp3) is 0.263. The Morgan fingerprint density at radius 1 is 1.04 bits per heavy atom. The average Bonchev–Trinajstić information content (AvgIpc) is 3.05. The molecule has 1 heterocycles. The Morgan fingerprint density at radius 3 is 2.28 bits per heavy atom. The minimum absolute atomic E-state index is 0. The van der Waals surface area contributed by atoms with Crippen molar-refractivity contribution in [2.24, 2.45) is 5.73 Å². The van der Waals surface area contributed by atoms with Crippen molar-refractivity contribution in [2.75, 3.05) is 14.1 Å². The predicted molar refractivity (Wildman–Crippen MR) is 102 cm³/mol. The molecule has 0 bridgehead atoms. The third-order valence-corrected chi connectivity index (χ3v) is 3.86. The van der Waals surface area contributed by atoms with Crippen LogP contribution >= 0.6 is 12.4 Å². The lowest BCUT2D eigenvalue weighted by atomic mass is 10.1. The molecule has 0 saturated carbocycles. The summed E-state index contributed by atoms with van der Waals surface area (Å²) in [6, 6.07) is 15.8. The van der Waals surface area contributed by atoms with Crippen LogP contribution in [0.25, 0.3) is 11.4 Å². The van der Waals surface area contributed by atoms with Crippen LogP contribution in [0.15, 0.2) is 53.1 Å². The van der Waals surface area contributed by atoms with E-state index < -0.39 is 6.04 Å². The van der Waals surface area contributed by atoms with Crippen molar-refractivity contribution in [3.63, 3.8) is 0 Å². The maximum Gasteiger partial charge on any atom is 0.248 e. The summed E-state index contributed by atoms with van der Waals surface area (Å²) in [4.78, 5) is 6.58. The number of halogens is 1. The first kappa shape index (κ1) is 19.1. The molecule has 0 spiro atoms. The first-order valence-corrected chi connectivity index (χ1v) is 7.93. The maximum atomic E-state index is 6.23. The molecule has 5 nitrogen and oxygen atoms in total. The van der Waals surface area contributed by atoms with Gasteiger partial charge in [-0.3, -0.25) is 0 Å². The molecule has 0 aliphatic carbocycles. The molecular weight excluding hydrogens is 336 g/mol. The SMILES string of the molecule is Cc1ccc(C(N)c2nc(-c3ccc(CN(C)C)cc3)no2)cc1.Cl. The number of nitrogens with two attached hydrogens (primary N) is 1. The Hall–Kier alpha value is -2.21. The minimum atomic E-state index is -0.417. The lowest BCUT2D eigenvalue weighted by Gasteiger charge is -2.09. The molecule has 3 rings (SSSR count). The van der Waals surface area contributed by atoms with E-state index in [1.807, 2.05) is 57.4 Å². The highest BCUT2D eigenvalue weighted by atomic mass is 35.5. The average molecular weight is 359 g/mol. The monoisotopic (exact) mass is 358 g/mol. The smallest absolute Gasteiger partial charge is 0.248 e. The fourth-order valence-electron chi connectivity index (χ4n) is 2.52. The van der Waals surface area contributed by atoms with Gasteiger partial charge in [0.1, 0.15) is 6.04 Å². The summed E-state index contributed by atoms with van der Waals surface area (Å²) in [6.45, 7) is 2.94. The van der Waals surface area contributed by atoms with Crippen LogP contribution < -0.4 is 5.73 Å². The van der Waals surface area contributed by atoms with E-state index in [0.29, 0.717) is 11.7 Å². The van der Waals surface area contributed by atoms with Gasteiger partial charge in [-0.05, 0) is 32.1 Å². The Bertz CT molecular complexity index is 797. The molecule has 0 radical (unpaired) electrons. The number of nitrogens with zero attached hydrogens (tertiary/aromatic N) is 3. The van der Waals surface area contributed by atoms with Gasteiger partial charge >= 0.3 is 0 Å². The highest BCUT2D eigenvalue weighted by Gasteiger charge is 2.17. The molecule has 6 heteroatoms. The van der Waals surface area contributed by atoms with Crippen molar-refractivity contribution in [3.05, 3.63) is 71.1 Å². The first-order valence-electron chi connectivity index (χ1n) is 7.93. The van der Waals surface area contributed by atoms with Crippen molar-refractivity contribution < 1.29 is 4.52 Å². The van der Waals surface area contributed by atoms with Gasteiger partial charge < -0.3 is 15.2 Å². The Kier molecular flexibility index (Phi) is 6.31. The van der Waals surface area contributed by atoms with Crippen LogP contribution in [0, 0.1) is 6.92 Å². The second kappa shape index (κ2) is 8.25. The molecule has 0 saturated heterocycles. The number of aromatic nitrogens is 2. The lowest BCUT2D eigenvalue weighted by Crippen LogP contribution is -2.12. The molecule has 0 aliphatic heterocycles. The third kappa shape index (κ3) is 4.66. The minimum Gasteiger partial charge on any atom is -0.337 e. The van der Waals surface area contributed by atoms with Gasteiger partial charge in [0.25, 0.3) is 0 Å². The second-order valence-electron chi connectivity index (χ2n) is 6.28. The molecule has 2 N–H and O–H groups in total. The molecule has 25 heavy (non-hydrogen) atoms. The summed E-state index contributed by atoms with van der Waals surface area (Å²) in [6.07, 6.45) is 0. The summed E-state index contributed by atoms with van der Waals surface area (Å²) in [7, 11) is 4.09. The normalized spacial score (nSPS) is 12.0. The molecule has 2 aromatic carbocycles. The Balaban J connectivity index is 0.00000225. The molecule has 0 fully saturated rings. The zero-order valence-corrected chi connectivity index (χ0v) is 15.5. The van der Waals surface area contributed by atoms with E-state index in [9.17, 15) is 0 Å². The number of rotatable bonds is 5. The van der Waals surface area contributed by atoms with E-state index in [-0.39, 0.29) is 12.4 Å². The maximum absolute atomic E-state index is 6.23. The van der Waals surface area contributed by atoms with Crippen LogP contribution in [-0.4, -0.2) is 29.1 Å². The second-order valence-corrected chi connectivity index (χ2v) is 6.28. The lowest BCUT2D eigenvalue weighted by molar-refractivity contribution is 0.367. The van der Waals surface area contributed by atoms with Gasteiger partial charge in [0.15, 0.2) is 0 Å². The third-order valence-electron chi connectivity index (χ3n) is 3.86. The molecule has 0 amide bonds. The van der Waals surface area contributed by atoms with Crippen molar-refractivity contribution in [3.8, 4) is 11.4 Å². The zero-order chi connectivity index (χ0) is 17.1. The van der Waals surface area contributed by atoms with Crippen molar-refractivity contribution in [2.45, 2.75) is 19.5 Å². The number of hydrogen-bond donors (Lipinski definition) is 1. The van der Waals surface area contributed by atoms with Gasteiger partial charge in [-0.2, -0.15) is 4.98 Å².